The van der Waals surface area contributed by atoms with E-state index in [2.05, 4.69) is 45.9 Å². The van der Waals surface area contributed by atoms with Gasteiger partial charge in [-0.05, 0) is 52.9 Å². The van der Waals surface area contributed by atoms with E-state index in [0.717, 1.165) is 5.92 Å². The van der Waals surface area contributed by atoms with Crippen LogP contribution in [0.1, 0.15) is 47.0 Å². The molecule has 0 N–H and O–H groups in total. The highest BCUT2D eigenvalue weighted by atomic mass is 14.2. The molecule has 0 spiro atoms. The minimum atomic E-state index is 0.718. The zero-order chi connectivity index (χ0) is 10.6. The van der Waals surface area contributed by atoms with Crippen LogP contribution in [0.3, 0.4) is 0 Å². The molecule has 1 unspecified atom stereocenters. The second-order valence-electron chi connectivity index (χ2n) is 4.73. The van der Waals surface area contributed by atoms with Crippen molar-refractivity contribution >= 4 is 0 Å². The Morgan fingerprint density at radius 1 is 1.14 bits per heavy atom. The SMILES string of the molecule is CC(C)=C/C=C1/CCCC1C=C(C)C. The minimum absolute atomic E-state index is 0.718. The molecule has 1 saturated carbocycles. The lowest BCUT2D eigenvalue weighted by Gasteiger charge is -2.06. The van der Waals surface area contributed by atoms with Crippen LogP contribution in [0.2, 0.25) is 0 Å². The van der Waals surface area contributed by atoms with Crippen molar-refractivity contribution in [3.8, 4) is 0 Å². The Balaban J connectivity index is 2.73. The number of allylic oxidation sites excluding steroid dienone is 6. The molecule has 0 aromatic rings. The summed E-state index contributed by atoms with van der Waals surface area (Å²) in [4.78, 5) is 0. The van der Waals surface area contributed by atoms with Crippen molar-refractivity contribution in [1.82, 2.24) is 0 Å². The van der Waals surface area contributed by atoms with Crippen LogP contribution < -0.4 is 0 Å². The van der Waals surface area contributed by atoms with Crippen LogP contribution in [0.25, 0.3) is 0 Å². The molecule has 0 heterocycles. The van der Waals surface area contributed by atoms with E-state index in [0.29, 0.717) is 0 Å². The molecule has 1 aliphatic rings. The van der Waals surface area contributed by atoms with E-state index in [4.69, 9.17) is 0 Å². The van der Waals surface area contributed by atoms with Crippen LogP contribution in [0, 0.1) is 5.92 Å². The second kappa shape index (κ2) is 5.19. The first-order valence-corrected chi connectivity index (χ1v) is 5.58. The third-order valence-corrected chi connectivity index (χ3v) is 2.62. The minimum Gasteiger partial charge on any atom is -0.0798 e. The van der Waals surface area contributed by atoms with Crippen molar-refractivity contribution in [2.75, 3.05) is 0 Å². The molecule has 14 heavy (non-hydrogen) atoms. The van der Waals surface area contributed by atoms with Gasteiger partial charge in [0.25, 0.3) is 0 Å². The van der Waals surface area contributed by atoms with Crippen molar-refractivity contribution < 1.29 is 0 Å². The van der Waals surface area contributed by atoms with E-state index in [1.54, 1.807) is 5.57 Å². The summed E-state index contributed by atoms with van der Waals surface area (Å²) in [6.07, 6.45) is 11.0. The van der Waals surface area contributed by atoms with Crippen molar-refractivity contribution in [2.24, 2.45) is 5.92 Å². The smallest absolute Gasteiger partial charge is 0.00176 e. The molecule has 1 fully saturated rings. The quantitative estimate of drug-likeness (QED) is 0.556. The van der Waals surface area contributed by atoms with E-state index >= 15 is 0 Å². The zero-order valence-corrected chi connectivity index (χ0v) is 9.93. The molecule has 0 radical (unpaired) electrons. The third kappa shape index (κ3) is 3.53. The van der Waals surface area contributed by atoms with Gasteiger partial charge in [0.05, 0.1) is 0 Å². The molecule has 0 nitrogen and oxygen atoms in total. The Labute approximate surface area is 88.4 Å². The number of hydrogen-bond acceptors (Lipinski definition) is 0. The summed E-state index contributed by atoms with van der Waals surface area (Å²) in [5.74, 6) is 0.718. The predicted molar refractivity (Wildman–Crippen MR) is 64.3 cm³/mol. The van der Waals surface area contributed by atoms with E-state index in [-0.39, 0.29) is 0 Å². The molecule has 1 aliphatic carbocycles. The van der Waals surface area contributed by atoms with Gasteiger partial charge in [0.2, 0.25) is 0 Å². The molecule has 0 amide bonds. The lowest BCUT2D eigenvalue weighted by molar-refractivity contribution is 0.759. The summed E-state index contributed by atoms with van der Waals surface area (Å²) in [6.45, 7) is 8.69. The Morgan fingerprint density at radius 2 is 1.86 bits per heavy atom. The predicted octanol–water partition coefficient (Wildman–Crippen LogP) is 4.65. The first kappa shape index (κ1) is 11.3. The van der Waals surface area contributed by atoms with Crippen LogP contribution >= 0.6 is 0 Å². The van der Waals surface area contributed by atoms with E-state index < -0.39 is 0 Å². The van der Waals surface area contributed by atoms with Crippen LogP contribution in [-0.4, -0.2) is 0 Å². The zero-order valence-electron chi connectivity index (χ0n) is 9.93. The summed E-state index contributed by atoms with van der Waals surface area (Å²) >= 11 is 0. The topological polar surface area (TPSA) is 0 Å². The average molecular weight is 190 g/mol. The maximum Gasteiger partial charge on any atom is -0.00176 e. The summed E-state index contributed by atoms with van der Waals surface area (Å²) in [6, 6.07) is 0. The highest BCUT2D eigenvalue weighted by Crippen LogP contribution is 2.32. The van der Waals surface area contributed by atoms with Crippen LogP contribution in [-0.2, 0) is 0 Å². The fourth-order valence-corrected chi connectivity index (χ4v) is 1.97. The number of hydrogen-bond donors (Lipinski definition) is 0. The molecular weight excluding hydrogens is 168 g/mol. The van der Waals surface area contributed by atoms with Crippen LogP contribution in [0.5, 0.6) is 0 Å². The fourth-order valence-electron chi connectivity index (χ4n) is 1.97. The van der Waals surface area contributed by atoms with Gasteiger partial charge in [-0.3, -0.25) is 0 Å². The molecule has 1 atom stereocenters. The Hall–Kier alpha value is -0.780. The molecule has 1 rings (SSSR count). The van der Waals surface area contributed by atoms with Gasteiger partial charge in [0, 0.05) is 0 Å². The molecule has 0 heteroatoms. The second-order valence-corrected chi connectivity index (χ2v) is 4.73. The van der Waals surface area contributed by atoms with Crippen molar-refractivity contribution in [2.45, 2.75) is 47.0 Å². The van der Waals surface area contributed by atoms with Crippen molar-refractivity contribution in [3.05, 3.63) is 34.9 Å². The fraction of sp³-hybridized carbons (Fsp3) is 0.571. The Morgan fingerprint density at radius 3 is 2.43 bits per heavy atom. The van der Waals surface area contributed by atoms with Crippen LogP contribution in [0.15, 0.2) is 34.9 Å². The third-order valence-electron chi connectivity index (χ3n) is 2.62. The van der Waals surface area contributed by atoms with Crippen molar-refractivity contribution in [3.63, 3.8) is 0 Å². The molecule has 0 aromatic heterocycles. The Bertz CT molecular complexity index is 268. The Kier molecular flexibility index (Phi) is 4.19. The number of rotatable bonds is 2. The van der Waals surface area contributed by atoms with E-state index in [9.17, 15) is 0 Å². The standard InChI is InChI=1S/C14H22/c1-11(2)8-9-13-6-5-7-14(13)10-12(3)4/h8-10,14H,5-7H2,1-4H3/b13-9-. The first-order valence-electron chi connectivity index (χ1n) is 5.58. The van der Waals surface area contributed by atoms with Crippen LogP contribution in [0.4, 0.5) is 0 Å². The molecule has 0 aliphatic heterocycles. The normalized spacial score (nSPS) is 23.7. The van der Waals surface area contributed by atoms with Gasteiger partial charge in [0.1, 0.15) is 0 Å². The molecule has 0 aromatic carbocycles. The molecular formula is C14H22. The molecule has 78 valence electrons. The van der Waals surface area contributed by atoms with Gasteiger partial charge in [0.15, 0.2) is 0 Å². The summed E-state index contributed by atoms with van der Waals surface area (Å²) in [7, 11) is 0. The largest absolute Gasteiger partial charge is 0.0798 e. The highest BCUT2D eigenvalue weighted by molar-refractivity contribution is 5.24. The average Bonchev–Trinajstić information content (AvgIpc) is 2.47. The summed E-state index contributed by atoms with van der Waals surface area (Å²) < 4.78 is 0. The maximum absolute atomic E-state index is 2.41. The summed E-state index contributed by atoms with van der Waals surface area (Å²) in [5, 5.41) is 0. The van der Waals surface area contributed by atoms with E-state index in [1.807, 2.05) is 0 Å². The van der Waals surface area contributed by atoms with Gasteiger partial charge in [-0.25, -0.2) is 0 Å². The van der Waals surface area contributed by atoms with Gasteiger partial charge in [-0.1, -0.05) is 34.9 Å². The molecule has 0 saturated heterocycles. The van der Waals surface area contributed by atoms with Gasteiger partial charge in [-0.2, -0.15) is 0 Å². The maximum atomic E-state index is 2.41. The summed E-state index contributed by atoms with van der Waals surface area (Å²) in [5.41, 5.74) is 4.45. The van der Waals surface area contributed by atoms with Gasteiger partial charge < -0.3 is 0 Å². The highest BCUT2D eigenvalue weighted by Gasteiger charge is 2.17. The lowest BCUT2D eigenvalue weighted by Crippen LogP contribution is -1.92. The first-order chi connectivity index (χ1) is 6.59. The molecule has 0 bridgehead atoms. The van der Waals surface area contributed by atoms with E-state index in [1.165, 1.54) is 30.4 Å². The monoisotopic (exact) mass is 190 g/mol. The lowest BCUT2D eigenvalue weighted by atomic mass is 9.99. The van der Waals surface area contributed by atoms with Gasteiger partial charge in [-0.15, -0.1) is 0 Å². The van der Waals surface area contributed by atoms with Crippen molar-refractivity contribution in [1.29, 1.82) is 0 Å². The van der Waals surface area contributed by atoms with Gasteiger partial charge >= 0.3 is 0 Å².